The molecule has 0 saturated heterocycles. The quantitative estimate of drug-likeness (QED) is 0.372. The summed E-state index contributed by atoms with van der Waals surface area (Å²) in [5.41, 5.74) is 0.729. The monoisotopic (exact) mass is 313 g/mol. The molecule has 0 radical (unpaired) electrons. The lowest BCUT2D eigenvalue weighted by Crippen LogP contribution is -2.34. The summed E-state index contributed by atoms with van der Waals surface area (Å²) in [6, 6.07) is 5.20. The van der Waals surface area contributed by atoms with Crippen LogP contribution in [0.15, 0.2) is 22.7 Å². The maximum atomic E-state index is 11.8. The molecular formula is C12H12BrNO4. The van der Waals surface area contributed by atoms with Gasteiger partial charge >= 0.3 is 5.97 Å². The standard InChI is InChI=1S/C12H12BrNO4/c1-2-8-10(6-14(16)17)9-5-7(13)3-4-11(9)18-12(8)15/h3-5,8,10H,2,6H2,1H3/t8-,10+/m1/s1. The Hall–Kier alpha value is -1.43. The van der Waals surface area contributed by atoms with E-state index >= 15 is 0 Å². The predicted octanol–water partition coefficient (Wildman–Crippen LogP) is 2.75. The third-order valence-corrected chi connectivity index (χ3v) is 3.65. The number of esters is 1. The number of hydrogen-bond acceptors (Lipinski definition) is 4. The van der Waals surface area contributed by atoms with Gasteiger partial charge in [-0.1, -0.05) is 22.9 Å². The average molecular weight is 314 g/mol. The van der Waals surface area contributed by atoms with Gasteiger partial charge in [0.2, 0.25) is 6.54 Å². The van der Waals surface area contributed by atoms with Crippen molar-refractivity contribution in [1.82, 2.24) is 0 Å². The Bertz CT molecular complexity index is 503. The van der Waals surface area contributed by atoms with Crippen LogP contribution in [0.2, 0.25) is 0 Å². The van der Waals surface area contributed by atoms with Gasteiger partial charge in [0, 0.05) is 15.0 Å². The molecule has 18 heavy (non-hydrogen) atoms. The summed E-state index contributed by atoms with van der Waals surface area (Å²) in [6.07, 6.45) is 0.531. The SMILES string of the molecule is CC[C@H]1C(=O)Oc2ccc(Br)cc2[C@H]1C[N+](=O)[O-]. The van der Waals surface area contributed by atoms with Crippen LogP contribution in [0.3, 0.4) is 0 Å². The van der Waals surface area contributed by atoms with Crippen molar-refractivity contribution in [3.63, 3.8) is 0 Å². The van der Waals surface area contributed by atoms with E-state index in [1.165, 1.54) is 0 Å². The van der Waals surface area contributed by atoms with E-state index in [0.717, 1.165) is 10.0 Å². The van der Waals surface area contributed by atoms with Crippen molar-refractivity contribution < 1.29 is 14.5 Å². The fourth-order valence-corrected chi connectivity index (χ4v) is 2.68. The number of benzene rings is 1. The van der Waals surface area contributed by atoms with E-state index < -0.39 is 11.8 Å². The van der Waals surface area contributed by atoms with Crippen LogP contribution in [-0.2, 0) is 4.79 Å². The number of hydrogen-bond donors (Lipinski definition) is 0. The number of ether oxygens (including phenoxy) is 1. The minimum atomic E-state index is -0.447. The fourth-order valence-electron chi connectivity index (χ4n) is 2.30. The zero-order chi connectivity index (χ0) is 13.3. The van der Waals surface area contributed by atoms with Gasteiger partial charge in [0.05, 0.1) is 11.8 Å². The van der Waals surface area contributed by atoms with Gasteiger partial charge in [0.1, 0.15) is 5.75 Å². The number of nitro groups is 1. The Morgan fingerprint density at radius 1 is 1.44 bits per heavy atom. The van der Waals surface area contributed by atoms with Crippen LogP contribution in [0.25, 0.3) is 0 Å². The summed E-state index contributed by atoms with van der Waals surface area (Å²) in [4.78, 5) is 22.2. The van der Waals surface area contributed by atoms with E-state index in [9.17, 15) is 14.9 Å². The van der Waals surface area contributed by atoms with Crippen LogP contribution >= 0.6 is 15.9 Å². The third-order valence-electron chi connectivity index (χ3n) is 3.16. The van der Waals surface area contributed by atoms with E-state index in [1.54, 1.807) is 18.2 Å². The first-order chi connectivity index (χ1) is 8.52. The molecule has 0 N–H and O–H groups in total. The largest absolute Gasteiger partial charge is 0.426 e. The minimum absolute atomic E-state index is 0.253. The number of carbonyl (C=O) groups excluding carboxylic acids is 1. The van der Waals surface area contributed by atoms with Crippen LogP contribution in [-0.4, -0.2) is 17.4 Å². The lowest BCUT2D eigenvalue weighted by Gasteiger charge is -2.28. The lowest BCUT2D eigenvalue weighted by atomic mass is 9.82. The zero-order valence-corrected chi connectivity index (χ0v) is 11.3. The molecule has 0 saturated carbocycles. The maximum Gasteiger partial charge on any atom is 0.315 e. The van der Waals surface area contributed by atoms with Crippen LogP contribution in [0, 0.1) is 16.0 Å². The Labute approximate surface area is 112 Å². The molecule has 96 valence electrons. The van der Waals surface area contributed by atoms with Crippen molar-refractivity contribution in [1.29, 1.82) is 0 Å². The smallest absolute Gasteiger partial charge is 0.315 e. The van der Waals surface area contributed by atoms with Gasteiger partial charge in [0.15, 0.2) is 0 Å². The molecule has 1 aliphatic heterocycles. The summed E-state index contributed by atoms with van der Waals surface area (Å²) in [7, 11) is 0. The highest BCUT2D eigenvalue weighted by Gasteiger charge is 2.39. The molecule has 0 spiro atoms. The molecule has 0 fully saturated rings. The summed E-state index contributed by atoms with van der Waals surface area (Å²) in [6.45, 7) is 1.58. The van der Waals surface area contributed by atoms with Crippen LogP contribution in [0.4, 0.5) is 0 Å². The summed E-state index contributed by atoms with van der Waals surface area (Å²) in [5.74, 6) is -0.810. The number of halogens is 1. The van der Waals surface area contributed by atoms with Crippen molar-refractivity contribution in [3.8, 4) is 5.75 Å². The second kappa shape index (κ2) is 5.06. The van der Waals surface area contributed by atoms with Gasteiger partial charge in [-0.2, -0.15) is 0 Å². The van der Waals surface area contributed by atoms with Crippen LogP contribution in [0.1, 0.15) is 24.8 Å². The zero-order valence-electron chi connectivity index (χ0n) is 9.76. The second-order valence-electron chi connectivity index (χ2n) is 4.24. The van der Waals surface area contributed by atoms with Gasteiger partial charge < -0.3 is 4.74 Å². The maximum absolute atomic E-state index is 11.8. The average Bonchev–Trinajstić information content (AvgIpc) is 2.30. The van der Waals surface area contributed by atoms with Gasteiger partial charge in [0.25, 0.3) is 0 Å². The normalized spacial score (nSPS) is 22.2. The lowest BCUT2D eigenvalue weighted by molar-refractivity contribution is -0.484. The van der Waals surface area contributed by atoms with Gasteiger partial charge in [-0.25, -0.2) is 0 Å². The molecule has 0 amide bonds. The van der Waals surface area contributed by atoms with E-state index in [-0.39, 0.29) is 17.4 Å². The van der Waals surface area contributed by atoms with Crippen LogP contribution < -0.4 is 4.74 Å². The summed E-state index contributed by atoms with van der Waals surface area (Å²) < 4.78 is 6.04. The highest BCUT2D eigenvalue weighted by atomic mass is 79.9. The van der Waals surface area contributed by atoms with E-state index in [4.69, 9.17) is 4.74 Å². The number of nitrogens with zero attached hydrogens (tertiary/aromatic N) is 1. The molecule has 5 nitrogen and oxygen atoms in total. The Kier molecular flexibility index (Phi) is 3.65. The van der Waals surface area contributed by atoms with E-state index in [2.05, 4.69) is 15.9 Å². The van der Waals surface area contributed by atoms with Crippen molar-refractivity contribution in [2.45, 2.75) is 19.3 Å². The van der Waals surface area contributed by atoms with Crippen molar-refractivity contribution in [2.75, 3.05) is 6.54 Å². The molecule has 0 aromatic heterocycles. The van der Waals surface area contributed by atoms with Crippen molar-refractivity contribution >= 4 is 21.9 Å². The molecule has 1 aliphatic rings. The van der Waals surface area contributed by atoms with Crippen LogP contribution in [0.5, 0.6) is 5.75 Å². The minimum Gasteiger partial charge on any atom is -0.426 e. The van der Waals surface area contributed by atoms with Gasteiger partial charge in [-0.05, 0) is 24.6 Å². The molecule has 2 rings (SSSR count). The third kappa shape index (κ3) is 2.38. The van der Waals surface area contributed by atoms with Crippen molar-refractivity contribution in [3.05, 3.63) is 38.3 Å². The Balaban J connectivity index is 2.47. The predicted molar refractivity (Wildman–Crippen MR) is 68.2 cm³/mol. The number of rotatable bonds is 3. The molecule has 1 aromatic rings. The Morgan fingerprint density at radius 3 is 2.78 bits per heavy atom. The van der Waals surface area contributed by atoms with E-state index in [0.29, 0.717) is 12.2 Å². The highest BCUT2D eigenvalue weighted by molar-refractivity contribution is 9.10. The molecule has 1 heterocycles. The highest BCUT2D eigenvalue weighted by Crippen LogP contribution is 2.40. The molecule has 0 bridgehead atoms. The summed E-state index contributed by atoms with van der Waals surface area (Å²) >= 11 is 3.33. The summed E-state index contributed by atoms with van der Waals surface area (Å²) in [5, 5.41) is 10.8. The van der Waals surface area contributed by atoms with Crippen molar-refractivity contribution in [2.24, 2.45) is 5.92 Å². The molecular weight excluding hydrogens is 302 g/mol. The molecule has 0 aliphatic carbocycles. The second-order valence-corrected chi connectivity index (χ2v) is 5.16. The molecule has 1 aromatic carbocycles. The van der Waals surface area contributed by atoms with Gasteiger partial charge in [-0.3, -0.25) is 14.9 Å². The topological polar surface area (TPSA) is 69.4 Å². The Morgan fingerprint density at radius 2 is 2.17 bits per heavy atom. The molecule has 2 atom stereocenters. The first kappa shape index (κ1) is 13.0. The molecule has 0 unspecified atom stereocenters. The van der Waals surface area contributed by atoms with Gasteiger partial charge in [-0.15, -0.1) is 0 Å². The fraction of sp³-hybridized carbons (Fsp3) is 0.417. The first-order valence-electron chi connectivity index (χ1n) is 5.66. The van der Waals surface area contributed by atoms with E-state index in [1.807, 2.05) is 6.92 Å². The number of fused-ring (bicyclic) bond motifs is 1. The number of carbonyl (C=O) groups is 1. The molecule has 6 heteroatoms. The first-order valence-corrected chi connectivity index (χ1v) is 6.45.